The Kier molecular flexibility index (Phi) is 9.45. The van der Waals surface area contributed by atoms with Crippen molar-refractivity contribution in [1.82, 2.24) is 15.0 Å². The molecule has 0 bridgehead atoms. The summed E-state index contributed by atoms with van der Waals surface area (Å²) in [5, 5.41) is 1.96. The zero-order chi connectivity index (χ0) is 48.7. The molecule has 0 amide bonds. The van der Waals surface area contributed by atoms with E-state index in [2.05, 4.69) is 231 Å². The van der Waals surface area contributed by atoms with Crippen LogP contribution in [0.3, 0.4) is 0 Å². The Bertz CT molecular complexity index is 4300. The van der Waals surface area contributed by atoms with E-state index in [1.54, 1.807) is 0 Å². The summed E-state index contributed by atoms with van der Waals surface area (Å²) in [4.78, 5) is 15.9. The summed E-state index contributed by atoms with van der Waals surface area (Å²) in [6, 6.07) is 93.4. The molecule has 4 heteroatoms. The van der Waals surface area contributed by atoms with Gasteiger partial charge < -0.3 is 4.42 Å². The van der Waals surface area contributed by atoms with E-state index in [1.165, 1.54) is 55.6 Å². The monoisotopic (exact) mass is 941 g/mol. The van der Waals surface area contributed by atoms with Crippen LogP contribution in [0.15, 0.2) is 265 Å². The summed E-state index contributed by atoms with van der Waals surface area (Å²) in [7, 11) is 0. The van der Waals surface area contributed by atoms with Gasteiger partial charge in [-0.25, -0.2) is 15.0 Å². The molecule has 0 aliphatic heterocycles. The van der Waals surface area contributed by atoms with E-state index < -0.39 is 0 Å². The molecule has 0 atom stereocenters. The predicted octanol–water partition coefficient (Wildman–Crippen LogP) is 17.8. The molecule has 2 aromatic heterocycles. The zero-order valence-electron chi connectivity index (χ0n) is 40.1. The number of benzene rings is 11. The lowest BCUT2D eigenvalue weighted by Gasteiger charge is -2.30. The van der Waals surface area contributed by atoms with Gasteiger partial charge in [0.05, 0.1) is 5.41 Å². The highest BCUT2D eigenvalue weighted by Gasteiger charge is 2.51. The van der Waals surface area contributed by atoms with Crippen molar-refractivity contribution in [2.24, 2.45) is 0 Å². The van der Waals surface area contributed by atoms with Crippen LogP contribution >= 0.6 is 0 Å². The van der Waals surface area contributed by atoms with E-state index in [4.69, 9.17) is 19.4 Å². The second-order valence-corrected chi connectivity index (χ2v) is 19.4. The first-order chi connectivity index (χ1) is 36.7. The van der Waals surface area contributed by atoms with Crippen molar-refractivity contribution >= 4 is 21.9 Å². The van der Waals surface area contributed by atoms with Crippen molar-refractivity contribution in [1.29, 1.82) is 0 Å². The summed E-state index contributed by atoms with van der Waals surface area (Å²) in [5.74, 6) is 1.77. The standard InChI is InChI=1S/C70H43N3O/c1-3-17-44(18-4-1)48-21-15-22-51(41-48)67-71-68(57-27-8-7-23-52(57)47-19-5-2-6-20-47)73-69(72-67)58-28-16-32-65-66(58)59-42-49(38-40-64(59)74-65)45-33-35-46(36-34-45)50-37-39-56-55-26-11-14-31-62(55)70(63(56)43-50)60-29-12-9-24-53(60)54-25-10-13-30-61(54)70/h1-43H. The molecule has 4 nitrogen and oxygen atoms in total. The molecule has 0 unspecified atom stereocenters. The third kappa shape index (κ3) is 6.45. The maximum atomic E-state index is 6.63. The SMILES string of the molecule is c1ccc(-c2cccc(-c3nc(-c4ccccc4-c4ccccc4)nc(-c4cccc5oc6ccc(-c7ccc(-c8ccc9c(c8)C8(c%10ccccc%10-c%10ccccc%108)c8ccccc8-9)cc7)cc6c45)n3)c2)cc1. The van der Waals surface area contributed by atoms with Crippen molar-refractivity contribution in [3.8, 4) is 101 Å². The molecule has 0 saturated heterocycles. The van der Waals surface area contributed by atoms with E-state index in [0.29, 0.717) is 17.5 Å². The van der Waals surface area contributed by atoms with Gasteiger partial charge in [0.2, 0.25) is 0 Å². The van der Waals surface area contributed by atoms with E-state index in [-0.39, 0.29) is 5.41 Å². The topological polar surface area (TPSA) is 51.8 Å². The van der Waals surface area contributed by atoms with Gasteiger partial charge in [-0.2, -0.15) is 0 Å². The molecule has 2 aliphatic rings. The fourth-order valence-corrected chi connectivity index (χ4v) is 12.1. The third-order valence-corrected chi connectivity index (χ3v) is 15.4. The highest BCUT2D eigenvalue weighted by Crippen LogP contribution is 2.63. The minimum absolute atomic E-state index is 0.388. The molecule has 0 saturated carbocycles. The van der Waals surface area contributed by atoms with Crippen molar-refractivity contribution < 1.29 is 4.42 Å². The highest BCUT2D eigenvalue weighted by molar-refractivity contribution is 6.13. The van der Waals surface area contributed by atoms with Crippen molar-refractivity contribution in [2.75, 3.05) is 0 Å². The molecule has 13 aromatic rings. The van der Waals surface area contributed by atoms with E-state index in [1.807, 2.05) is 30.3 Å². The van der Waals surface area contributed by atoms with E-state index >= 15 is 0 Å². The molecule has 0 radical (unpaired) electrons. The Morgan fingerprint density at radius 3 is 1.34 bits per heavy atom. The fraction of sp³-hybridized carbons (Fsp3) is 0.0143. The van der Waals surface area contributed by atoms with Crippen LogP contribution in [0.4, 0.5) is 0 Å². The molecule has 0 fully saturated rings. The number of nitrogens with zero attached hydrogens (tertiary/aromatic N) is 3. The van der Waals surface area contributed by atoms with Crippen LogP contribution in [-0.2, 0) is 5.41 Å². The second-order valence-electron chi connectivity index (χ2n) is 19.4. The van der Waals surface area contributed by atoms with Crippen LogP contribution in [0.25, 0.3) is 123 Å². The molecular formula is C70H43N3O. The van der Waals surface area contributed by atoms with Crippen LogP contribution in [-0.4, -0.2) is 15.0 Å². The maximum Gasteiger partial charge on any atom is 0.164 e. The lowest BCUT2D eigenvalue weighted by molar-refractivity contribution is 0.669. The molecule has 2 heterocycles. The van der Waals surface area contributed by atoms with Crippen LogP contribution < -0.4 is 0 Å². The van der Waals surface area contributed by atoms with Gasteiger partial charge in [-0.3, -0.25) is 0 Å². The second kappa shape index (κ2) is 16.7. The van der Waals surface area contributed by atoms with Crippen LogP contribution in [0.1, 0.15) is 22.3 Å². The van der Waals surface area contributed by atoms with Crippen LogP contribution in [0.2, 0.25) is 0 Å². The fourth-order valence-electron chi connectivity index (χ4n) is 12.1. The van der Waals surface area contributed by atoms with Crippen molar-refractivity contribution in [3.05, 3.63) is 283 Å². The summed E-state index contributed by atoms with van der Waals surface area (Å²) < 4.78 is 6.63. The average molecular weight is 942 g/mol. The Labute approximate surface area is 428 Å². The molecule has 11 aromatic carbocycles. The first kappa shape index (κ1) is 42.0. The van der Waals surface area contributed by atoms with Gasteiger partial charge in [-0.15, -0.1) is 0 Å². The number of furan rings is 1. The van der Waals surface area contributed by atoms with Crippen molar-refractivity contribution in [2.45, 2.75) is 5.41 Å². The smallest absolute Gasteiger partial charge is 0.164 e. The first-order valence-electron chi connectivity index (χ1n) is 25.2. The summed E-state index contributed by atoms with van der Waals surface area (Å²) in [6.07, 6.45) is 0. The predicted molar refractivity (Wildman–Crippen MR) is 301 cm³/mol. The van der Waals surface area contributed by atoms with Gasteiger partial charge in [0.25, 0.3) is 0 Å². The Morgan fingerprint density at radius 2 is 0.676 bits per heavy atom. The van der Waals surface area contributed by atoms with Gasteiger partial charge in [-0.1, -0.05) is 231 Å². The van der Waals surface area contributed by atoms with Gasteiger partial charge in [0.1, 0.15) is 11.2 Å². The van der Waals surface area contributed by atoms with Crippen molar-refractivity contribution in [3.63, 3.8) is 0 Å². The lowest BCUT2D eigenvalue weighted by atomic mass is 9.70. The first-order valence-corrected chi connectivity index (χ1v) is 25.2. The molecular weight excluding hydrogens is 899 g/mol. The highest BCUT2D eigenvalue weighted by atomic mass is 16.3. The number of aromatic nitrogens is 3. The molecule has 0 N–H and O–H groups in total. The summed E-state index contributed by atoms with van der Waals surface area (Å²) in [6.45, 7) is 0. The minimum atomic E-state index is -0.388. The Balaban J connectivity index is 0.840. The Morgan fingerprint density at radius 1 is 0.243 bits per heavy atom. The zero-order valence-corrected chi connectivity index (χ0v) is 40.1. The van der Waals surface area contributed by atoms with Gasteiger partial charge in [-0.05, 0) is 119 Å². The molecule has 1 spiro atoms. The van der Waals surface area contributed by atoms with Crippen LogP contribution in [0.5, 0.6) is 0 Å². The average Bonchev–Trinajstić information content (AvgIpc) is 4.25. The largest absolute Gasteiger partial charge is 0.456 e. The normalized spacial score (nSPS) is 12.7. The molecule has 74 heavy (non-hydrogen) atoms. The number of rotatable bonds is 7. The van der Waals surface area contributed by atoms with E-state index in [0.717, 1.165) is 72.0 Å². The third-order valence-electron chi connectivity index (χ3n) is 15.4. The number of hydrogen-bond acceptors (Lipinski definition) is 4. The van der Waals surface area contributed by atoms with E-state index in [9.17, 15) is 0 Å². The molecule has 344 valence electrons. The molecule has 2 aliphatic carbocycles. The number of hydrogen-bond donors (Lipinski definition) is 0. The molecule has 15 rings (SSSR count). The Hall–Kier alpha value is -9.77. The van der Waals surface area contributed by atoms with Gasteiger partial charge >= 0.3 is 0 Å². The quantitative estimate of drug-likeness (QED) is 0.160. The summed E-state index contributed by atoms with van der Waals surface area (Å²) >= 11 is 0. The van der Waals surface area contributed by atoms with Gasteiger partial charge in [0, 0.05) is 27.5 Å². The summed E-state index contributed by atoms with van der Waals surface area (Å²) in [5.41, 5.74) is 23.4. The number of fused-ring (bicyclic) bond motifs is 13. The lowest BCUT2D eigenvalue weighted by Crippen LogP contribution is -2.25. The van der Waals surface area contributed by atoms with Gasteiger partial charge in [0.15, 0.2) is 17.5 Å². The maximum absolute atomic E-state index is 6.63. The van der Waals surface area contributed by atoms with Crippen LogP contribution in [0, 0.1) is 0 Å². The minimum Gasteiger partial charge on any atom is -0.456 e.